The highest BCUT2D eigenvalue weighted by molar-refractivity contribution is 6.02. The molecular formula is C21H24F3N3O6. The van der Waals surface area contributed by atoms with E-state index < -0.39 is 64.5 Å². The third-order valence-corrected chi connectivity index (χ3v) is 4.95. The summed E-state index contributed by atoms with van der Waals surface area (Å²) in [6.45, 7) is 4.59. The van der Waals surface area contributed by atoms with Crippen LogP contribution in [0.5, 0.6) is 5.75 Å². The topological polar surface area (TPSA) is 120 Å². The van der Waals surface area contributed by atoms with Gasteiger partial charge in [0.2, 0.25) is 0 Å². The zero-order valence-corrected chi connectivity index (χ0v) is 18.5. The fraction of sp³-hybridized carbons (Fsp3) is 0.524. The first-order valence-electron chi connectivity index (χ1n) is 10.2. The van der Waals surface area contributed by atoms with Crippen molar-refractivity contribution in [1.29, 1.82) is 0 Å². The highest BCUT2D eigenvalue weighted by atomic mass is 19.4. The van der Waals surface area contributed by atoms with Crippen molar-refractivity contribution in [2.24, 2.45) is 7.05 Å². The lowest BCUT2D eigenvalue weighted by atomic mass is 10.0. The Hall–Kier alpha value is -3.15. The Labute approximate surface area is 186 Å². The van der Waals surface area contributed by atoms with Gasteiger partial charge in [-0.2, -0.15) is 13.2 Å². The Balaban J connectivity index is 2.08. The average Bonchev–Trinajstić information content (AvgIpc) is 3.22. The van der Waals surface area contributed by atoms with Gasteiger partial charge in [0.25, 0.3) is 11.5 Å². The molecule has 0 saturated carbocycles. The summed E-state index contributed by atoms with van der Waals surface area (Å²) in [5.41, 5.74) is -4.57. The van der Waals surface area contributed by atoms with E-state index in [1.54, 1.807) is 20.8 Å². The number of hydrogen-bond acceptors (Lipinski definition) is 7. The fourth-order valence-electron chi connectivity index (χ4n) is 3.57. The second-order valence-electron chi connectivity index (χ2n) is 8.65. The largest absolute Gasteiger partial charge is 0.506 e. The third-order valence-electron chi connectivity index (χ3n) is 4.95. The fourth-order valence-corrected chi connectivity index (χ4v) is 3.57. The maximum absolute atomic E-state index is 13.7. The highest BCUT2D eigenvalue weighted by Crippen LogP contribution is 2.40. The quantitative estimate of drug-likeness (QED) is 0.658. The number of alkyl halides is 3. The van der Waals surface area contributed by atoms with Crippen molar-refractivity contribution in [2.75, 3.05) is 13.2 Å². The van der Waals surface area contributed by atoms with E-state index in [-0.39, 0.29) is 17.6 Å². The van der Waals surface area contributed by atoms with Gasteiger partial charge in [-0.15, -0.1) is 0 Å². The predicted octanol–water partition coefficient (Wildman–Crippen LogP) is 2.58. The number of fused-ring (bicyclic) bond motifs is 1. The Morgan fingerprint density at radius 1 is 1.33 bits per heavy atom. The van der Waals surface area contributed by atoms with Gasteiger partial charge in [0.15, 0.2) is 5.69 Å². The molecule has 1 fully saturated rings. The highest BCUT2D eigenvalue weighted by Gasteiger charge is 2.39. The van der Waals surface area contributed by atoms with Crippen LogP contribution in [0, 0.1) is 0 Å². The molecule has 1 amide bonds. The SMILES string of the molecule is Cn1c(=O)c(C(=O)NCC(=O)OC(C)(C)C)c(O)c2cc(C3CCCO3)c(C(F)(F)F)nc21. The molecule has 9 nitrogen and oxygen atoms in total. The van der Waals surface area contributed by atoms with Gasteiger partial charge in [-0.25, -0.2) is 4.98 Å². The molecule has 2 aromatic rings. The number of aromatic nitrogens is 2. The van der Waals surface area contributed by atoms with Crippen LogP contribution in [0.15, 0.2) is 10.9 Å². The van der Waals surface area contributed by atoms with Gasteiger partial charge < -0.3 is 19.9 Å². The summed E-state index contributed by atoms with van der Waals surface area (Å²) in [6, 6.07) is 1.04. The molecule has 0 radical (unpaired) electrons. The van der Waals surface area contributed by atoms with Crippen molar-refractivity contribution >= 4 is 22.9 Å². The van der Waals surface area contributed by atoms with Crippen LogP contribution < -0.4 is 10.9 Å². The molecule has 180 valence electrons. The number of rotatable bonds is 4. The number of carbonyl (C=O) groups is 2. The number of nitrogens with zero attached hydrogens (tertiary/aromatic N) is 2. The van der Waals surface area contributed by atoms with E-state index >= 15 is 0 Å². The van der Waals surface area contributed by atoms with Crippen LogP contribution in [-0.4, -0.2) is 45.3 Å². The van der Waals surface area contributed by atoms with Crippen molar-refractivity contribution < 1.29 is 37.3 Å². The van der Waals surface area contributed by atoms with Crippen LogP contribution in [0.25, 0.3) is 11.0 Å². The number of nitrogens with one attached hydrogen (secondary N) is 1. The molecule has 0 aromatic carbocycles. The van der Waals surface area contributed by atoms with Crippen molar-refractivity contribution in [3.05, 3.63) is 33.2 Å². The van der Waals surface area contributed by atoms with Gasteiger partial charge in [-0.1, -0.05) is 0 Å². The predicted molar refractivity (Wildman–Crippen MR) is 110 cm³/mol. The van der Waals surface area contributed by atoms with E-state index in [4.69, 9.17) is 9.47 Å². The first-order chi connectivity index (χ1) is 15.2. The van der Waals surface area contributed by atoms with Crippen molar-refractivity contribution in [1.82, 2.24) is 14.9 Å². The lowest BCUT2D eigenvalue weighted by Gasteiger charge is -2.20. The van der Waals surface area contributed by atoms with Crippen molar-refractivity contribution in [3.63, 3.8) is 0 Å². The number of ether oxygens (including phenoxy) is 2. The maximum atomic E-state index is 13.7. The molecule has 3 heterocycles. The molecule has 12 heteroatoms. The molecule has 1 aliphatic heterocycles. The minimum atomic E-state index is -4.83. The van der Waals surface area contributed by atoms with E-state index in [9.17, 15) is 32.7 Å². The maximum Gasteiger partial charge on any atom is 0.433 e. The number of amides is 1. The number of hydrogen-bond donors (Lipinski definition) is 2. The van der Waals surface area contributed by atoms with Gasteiger partial charge in [0.1, 0.15) is 29.1 Å². The van der Waals surface area contributed by atoms with Crippen molar-refractivity contribution in [3.8, 4) is 5.75 Å². The summed E-state index contributed by atoms with van der Waals surface area (Å²) >= 11 is 0. The molecular weight excluding hydrogens is 447 g/mol. The summed E-state index contributed by atoms with van der Waals surface area (Å²) < 4.78 is 52.3. The number of aromatic hydroxyl groups is 1. The normalized spacial score (nSPS) is 16.8. The molecule has 1 atom stereocenters. The summed E-state index contributed by atoms with van der Waals surface area (Å²) in [6.07, 6.45) is -4.84. The monoisotopic (exact) mass is 471 g/mol. The number of carbonyl (C=O) groups excluding carboxylic acids is 2. The second-order valence-corrected chi connectivity index (χ2v) is 8.65. The van der Waals surface area contributed by atoms with Crippen LogP contribution in [0.3, 0.4) is 0 Å². The van der Waals surface area contributed by atoms with Crippen LogP contribution in [-0.2, 0) is 27.5 Å². The standard InChI is InChI=1S/C21H24F3N3O6/c1-20(2,3)33-13(28)9-25-18(30)14-15(29)11-8-10(12-6-5-7-32-12)16(21(22,23)24)26-17(11)27(4)19(14)31/h8,12,29H,5-7,9H2,1-4H3,(H,25,30). The van der Waals surface area contributed by atoms with E-state index in [1.165, 1.54) is 0 Å². The summed E-state index contributed by atoms with van der Waals surface area (Å²) in [5, 5.41) is 12.6. The molecule has 1 unspecified atom stereocenters. The van der Waals surface area contributed by atoms with Gasteiger partial charge >= 0.3 is 12.1 Å². The molecule has 0 spiro atoms. The van der Waals surface area contributed by atoms with Crippen LogP contribution in [0.2, 0.25) is 0 Å². The first kappa shape index (κ1) is 24.5. The van der Waals surface area contributed by atoms with Gasteiger partial charge in [-0.05, 0) is 39.7 Å². The van der Waals surface area contributed by atoms with Crippen LogP contribution in [0.4, 0.5) is 13.2 Å². The Morgan fingerprint density at radius 2 is 2.00 bits per heavy atom. The molecule has 1 aliphatic rings. The van der Waals surface area contributed by atoms with E-state index in [0.717, 1.165) is 17.7 Å². The van der Waals surface area contributed by atoms with Gasteiger partial charge in [-0.3, -0.25) is 19.0 Å². The van der Waals surface area contributed by atoms with E-state index in [1.807, 2.05) is 0 Å². The summed E-state index contributed by atoms with van der Waals surface area (Å²) in [5.74, 6) is -2.69. The van der Waals surface area contributed by atoms with Crippen LogP contribution in [0.1, 0.15) is 61.3 Å². The lowest BCUT2D eigenvalue weighted by Crippen LogP contribution is -2.38. The lowest BCUT2D eigenvalue weighted by molar-refractivity contribution is -0.153. The van der Waals surface area contributed by atoms with E-state index in [2.05, 4.69) is 10.3 Å². The smallest absolute Gasteiger partial charge is 0.433 e. The van der Waals surface area contributed by atoms with Crippen molar-refractivity contribution in [2.45, 2.75) is 51.5 Å². The molecule has 2 N–H and O–H groups in total. The molecule has 0 aliphatic carbocycles. The zero-order chi connectivity index (χ0) is 24.7. The summed E-state index contributed by atoms with van der Waals surface area (Å²) in [4.78, 5) is 40.8. The Bertz CT molecular complexity index is 1160. The second kappa shape index (κ2) is 8.65. The molecule has 33 heavy (non-hydrogen) atoms. The van der Waals surface area contributed by atoms with Gasteiger partial charge in [0.05, 0.1) is 11.5 Å². The molecule has 2 aromatic heterocycles. The van der Waals surface area contributed by atoms with Gasteiger partial charge in [0, 0.05) is 19.2 Å². The van der Waals surface area contributed by atoms with Crippen LogP contribution >= 0.6 is 0 Å². The number of pyridine rings is 2. The summed E-state index contributed by atoms with van der Waals surface area (Å²) in [7, 11) is 1.13. The zero-order valence-electron chi connectivity index (χ0n) is 18.5. The number of aryl methyl sites for hydroxylation is 1. The Kier molecular flexibility index (Phi) is 6.42. The minimum absolute atomic E-state index is 0.224. The first-order valence-corrected chi connectivity index (χ1v) is 10.2. The Morgan fingerprint density at radius 3 is 2.55 bits per heavy atom. The minimum Gasteiger partial charge on any atom is -0.506 e. The molecule has 0 bridgehead atoms. The molecule has 3 rings (SSSR count). The number of esters is 1. The number of halogens is 3. The molecule has 1 saturated heterocycles. The average molecular weight is 471 g/mol. The third kappa shape index (κ3) is 5.10. The van der Waals surface area contributed by atoms with E-state index in [0.29, 0.717) is 12.8 Å².